The van der Waals surface area contributed by atoms with Crippen LogP contribution in [0, 0.1) is 6.92 Å². The van der Waals surface area contributed by atoms with Gasteiger partial charge < -0.3 is 9.47 Å². The van der Waals surface area contributed by atoms with Gasteiger partial charge in [-0.2, -0.15) is 0 Å². The van der Waals surface area contributed by atoms with E-state index in [0.717, 1.165) is 5.56 Å². The molecule has 1 aliphatic rings. The molecular weight excluding hydrogens is 385 g/mol. The van der Waals surface area contributed by atoms with Crippen LogP contribution in [0.4, 0.5) is 13.2 Å². The number of aromatic nitrogens is 1. The Hall–Kier alpha value is -2.61. The molecule has 1 unspecified atom stereocenters. The fraction of sp³-hybridized carbons (Fsp3) is 0.429. The van der Waals surface area contributed by atoms with Crippen molar-refractivity contribution in [3.8, 4) is 0 Å². The number of carbonyl (C=O) groups is 1. The van der Waals surface area contributed by atoms with Crippen LogP contribution < -0.4 is 5.56 Å². The van der Waals surface area contributed by atoms with E-state index in [1.165, 1.54) is 9.47 Å². The van der Waals surface area contributed by atoms with Gasteiger partial charge in [0.25, 0.3) is 11.5 Å². The Labute approximate surface area is 166 Å². The number of ether oxygens (including phenoxy) is 1. The lowest BCUT2D eigenvalue weighted by Gasteiger charge is -2.32. The van der Waals surface area contributed by atoms with E-state index in [-0.39, 0.29) is 37.5 Å². The molecule has 0 saturated carbocycles. The number of carbonyl (C=O) groups excluding carboxylic acids is 1. The minimum absolute atomic E-state index is 0.0606. The van der Waals surface area contributed by atoms with Gasteiger partial charge in [-0.25, -0.2) is 0 Å². The Balaban J connectivity index is 1.80. The Kier molecular flexibility index (Phi) is 6.12. The summed E-state index contributed by atoms with van der Waals surface area (Å²) in [6, 6.07) is 10.9. The highest BCUT2D eigenvalue weighted by atomic mass is 19.4. The van der Waals surface area contributed by atoms with Crippen molar-refractivity contribution in [1.82, 2.24) is 9.47 Å². The molecule has 5 nitrogen and oxygen atoms in total. The van der Waals surface area contributed by atoms with Gasteiger partial charge in [0.2, 0.25) is 0 Å². The van der Waals surface area contributed by atoms with Crippen molar-refractivity contribution in [2.24, 2.45) is 0 Å². The van der Waals surface area contributed by atoms with Crippen LogP contribution in [0.2, 0.25) is 0 Å². The highest BCUT2D eigenvalue weighted by Gasteiger charge is 2.36. The second kappa shape index (κ2) is 8.41. The summed E-state index contributed by atoms with van der Waals surface area (Å²) in [4.78, 5) is 27.5. The average Bonchev–Trinajstić information content (AvgIpc) is 2.67. The predicted octanol–water partition coefficient (Wildman–Crippen LogP) is 3.91. The molecule has 0 bridgehead atoms. The van der Waals surface area contributed by atoms with Gasteiger partial charge in [0.1, 0.15) is 5.56 Å². The van der Waals surface area contributed by atoms with Crippen molar-refractivity contribution in [3.63, 3.8) is 0 Å². The molecule has 1 aromatic carbocycles. The number of benzene rings is 1. The lowest BCUT2D eigenvalue weighted by molar-refractivity contribution is -0.345. The molecule has 1 aromatic heterocycles. The van der Waals surface area contributed by atoms with Crippen LogP contribution in [0.15, 0.2) is 47.4 Å². The minimum Gasteiger partial charge on any atom is -0.338 e. The summed E-state index contributed by atoms with van der Waals surface area (Å²) in [5.74, 6) is -0.451. The number of rotatable bonds is 4. The number of amides is 1. The summed E-state index contributed by atoms with van der Waals surface area (Å²) >= 11 is 0. The topological polar surface area (TPSA) is 51.5 Å². The quantitative estimate of drug-likeness (QED) is 0.771. The summed E-state index contributed by atoms with van der Waals surface area (Å²) in [6.07, 6.45) is -3.84. The molecule has 1 saturated heterocycles. The predicted molar refractivity (Wildman–Crippen MR) is 102 cm³/mol. The van der Waals surface area contributed by atoms with Gasteiger partial charge in [0.15, 0.2) is 0 Å². The van der Waals surface area contributed by atoms with E-state index in [0.29, 0.717) is 5.56 Å². The third-order valence-electron chi connectivity index (χ3n) is 5.27. The van der Waals surface area contributed by atoms with Gasteiger partial charge >= 0.3 is 6.36 Å². The Morgan fingerprint density at radius 1 is 1.14 bits per heavy atom. The third kappa shape index (κ3) is 4.87. The smallest absolute Gasteiger partial charge is 0.338 e. The largest absolute Gasteiger partial charge is 0.522 e. The number of hydrogen-bond acceptors (Lipinski definition) is 3. The third-order valence-corrected chi connectivity index (χ3v) is 5.27. The molecule has 2 aromatic rings. The van der Waals surface area contributed by atoms with Crippen LogP contribution in [-0.2, 0) is 4.74 Å². The molecule has 2 heterocycles. The summed E-state index contributed by atoms with van der Waals surface area (Å²) in [5.41, 5.74) is 1.14. The summed E-state index contributed by atoms with van der Waals surface area (Å²) in [5, 5.41) is 0. The van der Waals surface area contributed by atoms with E-state index >= 15 is 0 Å². The Morgan fingerprint density at radius 2 is 1.76 bits per heavy atom. The maximum atomic E-state index is 13.1. The molecular formula is C21H23F3N2O3. The number of aryl methyl sites for hydroxylation is 1. The van der Waals surface area contributed by atoms with E-state index in [4.69, 9.17) is 0 Å². The van der Waals surface area contributed by atoms with Crippen LogP contribution in [0.25, 0.3) is 0 Å². The molecule has 29 heavy (non-hydrogen) atoms. The molecule has 1 aliphatic heterocycles. The average molecular weight is 408 g/mol. The minimum atomic E-state index is -4.69. The number of likely N-dealkylation sites (tertiary alicyclic amines) is 1. The molecule has 1 fully saturated rings. The van der Waals surface area contributed by atoms with E-state index in [9.17, 15) is 22.8 Å². The van der Waals surface area contributed by atoms with E-state index in [1.807, 2.05) is 37.3 Å². The fourth-order valence-corrected chi connectivity index (χ4v) is 3.62. The first-order valence-electron chi connectivity index (χ1n) is 9.48. The summed E-state index contributed by atoms with van der Waals surface area (Å²) in [7, 11) is 0. The molecule has 3 rings (SSSR count). The van der Waals surface area contributed by atoms with Crippen molar-refractivity contribution in [2.45, 2.75) is 45.2 Å². The van der Waals surface area contributed by atoms with Crippen molar-refractivity contribution in [3.05, 3.63) is 69.6 Å². The first-order valence-corrected chi connectivity index (χ1v) is 9.48. The molecule has 0 N–H and O–H groups in total. The maximum Gasteiger partial charge on any atom is 0.522 e. The first kappa shape index (κ1) is 21.1. The van der Waals surface area contributed by atoms with Crippen LogP contribution in [0.1, 0.15) is 47.3 Å². The zero-order valence-corrected chi connectivity index (χ0v) is 16.3. The second-order valence-corrected chi connectivity index (χ2v) is 7.23. The first-order chi connectivity index (χ1) is 13.7. The van der Waals surface area contributed by atoms with Gasteiger partial charge in [-0.3, -0.25) is 14.3 Å². The number of pyridine rings is 1. The van der Waals surface area contributed by atoms with Crippen LogP contribution >= 0.6 is 0 Å². The summed E-state index contributed by atoms with van der Waals surface area (Å²) in [6.45, 7) is 3.79. The van der Waals surface area contributed by atoms with Gasteiger partial charge in [-0.15, -0.1) is 13.2 Å². The fourth-order valence-electron chi connectivity index (χ4n) is 3.62. The lowest BCUT2D eigenvalue weighted by Crippen LogP contribution is -2.44. The van der Waals surface area contributed by atoms with Gasteiger partial charge in [-0.05, 0) is 43.9 Å². The second-order valence-electron chi connectivity index (χ2n) is 7.23. The molecule has 156 valence electrons. The van der Waals surface area contributed by atoms with Crippen LogP contribution in [-0.4, -0.2) is 40.9 Å². The molecule has 1 amide bonds. The van der Waals surface area contributed by atoms with Crippen LogP contribution in [0.3, 0.4) is 0 Å². The highest BCUT2D eigenvalue weighted by molar-refractivity contribution is 5.95. The van der Waals surface area contributed by atoms with Crippen molar-refractivity contribution in [2.75, 3.05) is 13.1 Å². The van der Waals surface area contributed by atoms with Crippen molar-refractivity contribution in [1.29, 1.82) is 0 Å². The number of alkyl halides is 3. The van der Waals surface area contributed by atoms with Gasteiger partial charge in [-0.1, -0.05) is 30.3 Å². The van der Waals surface area contributed by atoms with Crippen molar-refractivity contribution < 1.29 is 22.7 Å². The molecule has 0 spiro atoms. The zero-order chi connectivity index (χ0) is 21.2. The SMILES string of the molecule is Cc1ccn(C(C)c2ccccc2)c(=O)c1C(=O)N1CCC(OC(F)(F)F)CC1. The molecule has 0 aliphatic carbocycles. The Bertz CT molecular complexity index is 917. The highest BCUT2D eigenvalue weighted by Crippen LogP contribution is 2.25. The normalized spacial score (nSPS) is 16.7. The number of piperidine rings is 1. The zero-order valence-electron chi connectivity index (χ0n) is 16.3. The summed E-state index contributed by atoms with van der Waals surface area (Å²) < 4.78 is 42.7. The van der Waals surface area contributed by atoms with Crippen LogP contribution in [0.5, 0.6) is 0 Å². The monoisotopic (exact) mass is 408 g/mol. The van der Waals surface area contributed by atoms with E-state index in [2.05, 4.69) is 4.74 Å². The Morgan fingerprint density at radius 3 is 2.34 bits per heavy atom. The number of hydrogen-bond donors (Lipinski definition) is 0. The maximum absolute atomic E-state index is 13.1. The van der Waals surface area contributed by atoms with E-state index < -0.39 is 23.9 Å². The standard InChI is InChI=1S/C21H23F3N2O3/c1-14-8-13-26(15(2)16-6-4-3-5-7-16)20(28)18(14)19(27)25-11-9-17(10-12-25)29-21(22,23)24/h3-8,13,15,17H,9-12H2,1-2H3. The lowest BCUT2D eigenvalue weighted by atomic mass is 10.0. The molecule has 0 radical (unpaired) electrons. The molecule has 8 heteroatoms. The van der Waals surface area contributed by atoms with E-state index in [1.54, 1.807) is 19.2 Å². The van der Waals surface area contributed by atoms with Gasteiger partial charge in [0, 0.05) is 19.3 Å². The number of halogens is 3. The molecule has 1 atom stereocenters. The van der Waals surface area contributed by atoms with Gasteiger partial charge in [0.05, 0.1) is 12.1 Å². The number of nitrogens with zero attached hydrogens (tertiary/aromatic N) is 2. The van der Waals surface area contributed by atoms with Crippen molar-refractivity contribution >= 4 is 5.91 Å².